The number of benzene rings is 1. The maximum atomic E-state index is 12.6. The molecule has 25 heavy (non-hydrogen) atoms. The predicted octanol–water partition coefficient (Wildman–Crippen LogP) is 3.07. The highest BCUT2D eigenvalue weighted by molar-refractivity contribution is 6.32. The molecule has 0 saturated heterocycles. The Morgan fingerprint density at radius 3 is 2.56 bits per heavy atom. The van der Waals surface area contributed by atoms with Gasteiger partial charge in [-0.15, -0.1) is 0 Å². The molecule has 0 saturated carbocycles. The zero-order valence-corrected chi connectivity index (χ0v) is 13.0. The van der Waals surface area contributed by atoms with Gasteiger partial charge >= 0.3 is 6.18 Å². The lowest BCUT2D eigenvalue weighted by Gasteiger charge is -2.11. The van der Waals surface area contributed by atoms with Crippen LogP contribution in [0.15, 0.2) is 41.3 Å². The second-order valence-corrected chi connectivity index (χ2v) is 5.26. The molecule has 2 aromatic rings. The number of aromatic nitrogens is 1. The Hall–Kier alpha value is -2.88. The Labute approximate surface area is 142 Å². The summed E-state index contributed by atoms with van der Waals surface area (Å²) < 4.78 is 38.5. The van der Waals surface area contributed by atoms with E-state index >= 15 is 0 Å². The number of hydrogen-bond donors (Lipinski definition) is 1. The molecule has 11 heteroatoms. The van der Waals surface area contributed by atoms with Crippen molar-refractivity contribution in [2.75, 3.05) is 5.32 Å². The summed E-state index contributed by atoms with van der Waals surface area (Å²) in [6.07, 6.45) is -4.14. The van der Waals surface area contributed by atoms with Crippen LogP contribution < -0.4 is 10.9 Å². The molecule has 1 N–H and O–H groups in total. The van der Waals surface area contributed by atoms with Crippen LogP contribution in [-0.4, -0.2) is 15.4 Å². The normalized spacial score (nSPS) is 11.2. The van der Waals surface area contributed by atoms with Gasteiger partial charge in [0.05, 0.1) is 10.5 Å². The molecule has 1 amide bonds. The Morgan fingerprint density at radius 2 is 1.96 bits per heavy atom. The summed E-state index contributed by atoms with van der Waals surface area (Å²) in [7, 11) is 0. The molecule has 0 aliphatic heterocycles. The first-order valence-electron chi connectivity index (χ1n) is 6.59. The molecule has 7 nitrogen and oxygen atoms in total. The van der Waals surface area contributed by atoms with Gasteiger partial charge in [0.1, 0.15) is 11.6 Å². The monoisotopic (exact) mass is 375 g/mol. The fourth-order valence-electron chi connectivity index (χ4n) is 1.91. The molecule has 0 fully saturated rings. The second-order valence-electron chi connectivity index (χ2n) is 4.85. The Bertz CT molecular complexity index is 896. The Kier molecular flexibility index (Phi) is 5.12. The summed E-state index contributed by atoms with van der Waals surface area (Å²) >= 11 is 5.63. The van der Waals surface area contributed by atoms with E-state index in [0.29, 0.717) is 22.9 Å². The van der Waals surface area contributed by atoms with E-state index in [9.17, 15) is 32.9 Å². The average molecular weight is 376 g/mol. The summed E-state index contributed by atoms with van der Waals surface area (Å²) in [6.45, 7) is -0.695. The van der Waals surface area contributed by atoms with Crippen LogP contribution in [0, 0.1) is 10.1 Å². The molecule has 0 atom stereocenters. The number of rotatable bonds is 4. The number of halogens is 4. The largest absolute Gasteiger partial charge is 0.417 e. The van der Waals surface area contributed by atoms with Crippen molar-refractivity contribution in [1.29, 1.82) is 0 Å². The molecule has 0 radical (unpaired) electrons. The molecule has 0 unspecified atom stereocenters. The molecule has 0 spiro atoms. The smallest absolute Gasteiger partial charge is 0.324 e. The van der Waals surface area contributed by atoms with Gasteiger partial charge in [-0.3, -0.25) is 19.7 Å². The van der Waals surface area contributed by atoms with Crippen molar-refractivity contribution in [3.8, 4) is 0 Å². The Balaban J connectivity index is 2.20. The second kappa shape index (κ2) is 6.93. The quantitative estimate of drug-likeness (QED) is 0.656. The van der Waals surface area contributed by atoms with Crippen molar-refractivity contribution >= 4 is 28.9 Å². The van der Waals surface area contributed by atoms with Gasteiger partial charge in [-0.2, -0.15) is 13.2 Å². The number of nitro benzene ring substituents is 1. The third-order valence-corrected chi connectivity index (χ3v) is 3.37. The highest BCUT2D eigenvalue weighted by Crippen LogP contribution is 2.28. The fourth-order valence-corrected chi connectivity index (χ4v) is 2.09. The van der Waals surface area contributed by atoms with Gasteiger partial charge in [0, 0.05) is 24.0 Å². The third kappa shape index (κ3) is 4.57. The number of anilines is 1. The van der Waals surface area contributed by atoms with Crippen LogP contribution in [0.1, 0.15) is 5.56 Å². The number of nitro groups is 1. The minimum absolute atomic E-state index is 0.0149. The van der Waals surface area contributed by atoms with E-state index in [0.717, 1.165) is 6.07 Å². The van der Waals surface area contributed by atoms with Crippen molar-refractivity contribution in [3.05, 3.63) is 67.6 Å². The summed E-state index contributed by atoms with van der Waals surface area (Å²) in [5.74, 6) is -0.835. The van der Waals surface area contributed by atoms with Gasteiger partial charge in [-0.1, -0.05) is 11.6 Å². The Morgan fingerprint density at radius 1 is 1.28 bits per heavy atom. The van der Waals surface area contributed by atoms with Gasteiger partial charge < -0.3 is 9.88 Å². The first-order valence-corrected chi connectivity index (χ1v) is 6.97. The van der Waals surface area contributed by atoms with Gasteiger partial charge in [0.2, 0.25) is 5.91 Å². The standard InChI is InChI=1S/C14H9ClF3N3O4/c15-10-3-2-9(5-11(10)21(24)25)19-12(22)7-20-6-8(14(16,17)18)1-4-13(20)23/h1-6H,7H2,(H,19,22). The number of nitrogens with one attached hydrogen (secondary N) is 1. The summed E-state index contributed by atoms with van der Waals surface area (Å²) in [6, 6.07) is 4.77. The van der Waals surface area contributed by atoms with E-state index < -0.39 is 40.4 Å². The van der Waals surface area contributed by atoms with Crippen LogP contribution >= 0.6 is 11.6 Å². The van der Waals surface area contributed by atoms with Crippen molar-refractivity contribution in [2.45, 2.75) is 12.7 Å². The molecule has 0 aliphatic rings. The topological polar surface area (TPSA) is 94.2 Å². The van der Waals surface area contributed by atoms with Gasteiger partial charge in [-0.25, -0.2) is 0 Å². The number of hydrogen-bond acceptors (Lipinski definition) is 4. The number of amides is 1. The van der Waals surface area contributed by atoms with Crippen LogP contribution in [0.5, 0.6) is 0 Å². The maximum Gasteiger partial charge on any atom is 0.417 e. The number of carbonyl (C=O) groups is 1. The molecule has 132 valence electrons. The molecule has 0 aliphatic carbocycles. The highest BCUT2D eigenvalue weighted by Gasteiger charge is 2.31. The summed E-state index contributed by atoms with van der Waals surface area (Å²) in [5.41, 5.74) is -2.32. The zero-order chi connectivity index (χ0) is 18.8. The first kappa shape index (κ1) is 18.5. The first-order chi connectivity index (χ1) is 11.6. The molecule has 1 aromatic heterocycles. The molecule has 0 bridgehead atoms. The average Bonchev–Trinajstić information content (AvgIpc) is 2.50. The SMILES string of the molecule is O=C(Cn1cc(C(F)(F)F)ccc1=O)Nc1ccc(Cl)c([N+](=O)[O-])c1. The molecular formula is C14H9ClF3N3O4. The molecule has 2 rings (SSSR count). The fraction of sp³-hybridized carbons (Fsp3) is 0.143. The van der Waals surface area contributed by atoms with Gasteiger partial charge in [0.15, 0.2) is 0 Å². The minimum Gasteiger partial charge on any atom is -0.324 e. The number of nitrogens with zero attached hydrogens (tertiary/aromatic N) is 2. The van der Waals surface area contributed by atoms with E-state index in [1.165, 1.54) is 12.1 Å². The number of pyridine rings is 1. The van der Waals surface area contributed by atoms with E-state index in [2.05, 4.69) is 5.32 Å². The van der Waals surface area contributed by atoms with E-state index in [4.69, 9.17) is 11.6 Å². The molecule has 1 aromatic carbocycles. The van der Waals surface area contributed by atoms with E-state index in [1.54, 1.807) is 0 Å². The van der Waals surface area contributed by atoms with Gasteiger partial charge in [0.25, 0.3) is 11.2 Å². The van der Waals surface area contributed by atoms with E-state index in [1.807, 2.05) is 0 Å². The van der Waals surface area contributed by atoms with Crippen molar-refractivity contribution in [2.24, 2.45) is 0 Å². The summed E-state index contributed by atoms with van der Waals surface area (Å²) in [4.78, 5) is 33.5. The highest BCUT2D eigenvalue weighted by atomic mass is 35.5. The molecular weight excluding hydrogens is 367 g/mol. The van der Waals surface area contributed by atoms with Crippen molar-refractivity contribution in [1.82, 2.24) is 4.57 Å². The van der Waals surface area contributed by atoms with Crippen LogP contribution in [-0.2, 0) is 17.5 Å². The van der Waals surface area contributed by atoms with Crippen molar-refractivity contribution in [3.63, 3.8) is 0 Å². The lowest BCUT2D eigenvalue weighted by molar-refractivity contribution is -0.384. The van der Waals surface area contributed by atoms with Crippen LogP contribution in [0.3, 0.4) is 0 Å². The third-order valence-electron chi connectivity index (χ3n) is 3.05. The van der Waals surface area contributed by atoms with Crippen molar-refractivity contribution < 1.29 is 22.9 Å². The van der Waals surface area contributed by atoms with Crippen LogP contribution in [0.25, 0.3) is 0 Å². The molecule has 1 heterocycles. The summed E-state index contributed by atoms with van der Waals surface area (Å²) in [5, 5.41) is 12.9. The lowest BCUT2D eigenvalue weighted by atomic mass is 10.2. The minimum atomic E-state index is -4.66. The van der Waals surface area contributed by atoms with Gasteiger partial charge in [-0.05, 0) is 18.2 Å². The zero-order valence-electron chi connectivity index (χ0n) is 12.2. The number of carbonyl (C=O) groups excluding carboxylic acids is 1. The van der Waals surface area contributed by atoms with Crippen LogP contribution in [0.2, 0.25) is 5.02 Å². The number of alkyl halides is 3. The van der Waals surface area contributed by atoms with Crippen LogP contribution in [0.4, 0.5) is 24.5 Å². The van der Waals surface area contributed by atoms with E-state index in [-0.39, 0.29) is 10.7 Å². The predicted molar refractivity (Wildman–Crippen MR) is 82.4 cm³/mol. The lowest BCUT2D eigenvalue weighted by Crippen LogP contribution is -2.28. The maximum absolute atomic E-state index is 12.6.